The Balaban J connectivity index is 1.78. The van der Waals surface area contributed by atoms with Crippen molar-refractivity contribution in [1.29, 1.82) is 0 Å². The van der Waals surface area contributed by atoms with Gasteiger partial charge in [0, 0.05) is 21.7 Å². The molecule has 3 rings (SSSR count). The second-order valence-electron chi connectivity index (χ2n) is 6.74. The maximum absolute atomic E-state index is 12.6. The molecule has 2 amide bonds. The molecule has 1 fully saturated rings. The van der Waals surface area contributed by atoms with Gasteiger partial charge in [0.15, 0.2) is 11.5 Å². The summed E-state index contributed by atoms with van der Waals surface area (Å²) in [6.45, 7) is 4.05. The summed E-state index contributed by atoms with van der Waals surface area (Å²) >= 11 is 13.1. The van der Waals surface area contributed by atoms with E-state index in [1.165, 1.54) is 12.0 Å². The lowest BCUT2D eigenvalue weighted by atomic mass is 10.1. The Bertz CT molecular complexity index is 1010. The number of benzene rings is 2. The SMILES string of the molecule is CC[C@H](C)N1C(=O)S/C(=C/c2ccc(OCc3ccc(Cl)cc3Cl)c(OC)c2)C1=O. The van der Waals surface area contributed by atoms with Gasteiger partial charge in [0.2, 0.25) is 0 Å². The average molecular weight is 466 g/mol. The van der Waals surface area contributed by atoms with Crippen molar-refractivity contribution >= 4 is 52.2 Å². The standard InChI is InChI=1S/C22H21Cl2NO4S/c1-4-13(2)25-21(26)20(30-22(25)27)10-14-5-8-18(19(9-14)28-3)29-12-15-6-7-16(23)11-17(15)24/h5-11,13H,4,12H2,1-3H3/b20-10+/t13-/m0/s1. The van der Waals surface area contributed by atoms with Crippen LogP contribution in [0.2, 0.25) is 10.0 Å². The average Bonchev–Trinajstić information content (AvgIpc) is 3.00. The van der Waals surface area contributed by atoms with Crippen molar-refractivity contribution in [1.82, 2.24) is 4.90 Å². The van der Waals surface area contributed by atoms with Crippen LogP contribution < -0.4 is 9.47 Å². The van der Waals surface area contributed by atoms with Crippen molar-refractivity contribution in [3.05, 3.63) is 62.5 Å². The highest BCUT2D eigenvalue weighted by Gasteiger charge is 2.37. The summed E-state index contributed by atoms with van der Waals surface area (Å²) in [6.07, 6.45) is 2.40. The first-order chi connectivity index (χ1) is 14.3. The quantitative estimate of drug-likeness (QED) is 0.441. The Morgan fingerprint density at radius 2 is 1.90 bits per heavy atom. The normalized spacial score (nSPS) is 16.3. The van der Waals surface area contributed by atoms with Crippen molar-refractivity contribution in [2.75, 3.05) is 7.11 Å². The van der Waals surface area contributed by atoms with Gasteiger partial charge in [-0.3, -0.25) is 14.5 Å². The van der Waals surface area contributed by atoms with Crippen LogP contribution in [-0.4, -0.2) is 29.2 Å². The molecule has 0 unspecified atom stereocenters. The highest BCUT2D eigenvalue weighted by molar-refractivity contribution is 8.18. The molecule has 1 saturated heterocycles. The first-order valence-electron chi connectivity index (χ1n) is 9.35. The van der Waals surface area contributed by atoms with Crippen LogP contribution in [0.1, 0.15) is 31.4 Å². The number of carbonyl (C=O) groups excluding carboxylic acids is 2. The third kappa shape index (κ3) is 4.94. The Morgan fingerprint density at radius 3 is 2.57 bits per heavy atom. The van der Waals surface area contributed by atoms with E-state index in [1.807, 2.05) is 13.8 Å². The van der Waals surface area contributed by atoms with E-state index in [1.54, 1.807) is 42.5 Å². The number of thioether (sulfide) groups is 1. The maximum atomic E-state index is 12.6. The summed E-state index contributed by atoms with van der Waals surface area (Å²) < 4.78 is 11.3. The molecule has 30 heavy (non-hydrogen) atoms. The third-order valence-corrected chi connectivity index (χ3v) is 6.21. The molecule has 0 aromatic heterocycles. The van der Waals surface area contributed by atoms with E-state index in [0.717, 1.165) is 22.9 Å². The number of nitrogens with zero attached hydrogens (tertiary/aromatic N) is 1. The summed E-state index contributed by atoms with van der Waals surface area (Å²) in [7, 11) is 1.54. The van der Waals surface area contributed by atoms with Crippen LogP contribution in [0.5, 0.6) is 11.5 Å². The molecule has 0 aliphatic carbocycles. The number of hydrogen-bond donors (Lipinski definition) is 0. The molecular formula is C22H21Cl2NO4S. The van der Waals surface area contributed by atoms with Gasteiger partial charge in [-0.05, 0) is 61.0 Å². The van der Waals surface area contributed by atoms with E-state index in [9.17, 15) is 9.59 Å². The first-order valence-corrected chi connectivity index (χ1v) is 10.9. The zero-order chi connectivity index (χ0) is 21.8. The van der Waals surface area contributed by atoms with E-state index in [2.05, 4.69) is 0 Å². The number of halogens is 2. The molecule has 0 bridgehead atoms. The van der Waals surface area contributed by atoms with Crippen LogP contribution >= 0.6 is 35.0 Å². The summed E-state index contributed by atoms with van der Waals surface area (Å²) in [5, 5.41) is 0.839. The Kier molecular flexibility index (Phi) is 7.34. The zero-order valence-corrected chi connectivity index (χ0v) is 19.1. The van der Waals surface area contributed by atoms with Crippen molar-refractivity contribution < 1.29 is 19.1 Å². The highest BCUT2D eigenvalue weighted by atomic mass is 35.5. The Labute approximate surface area is 189 Å². The molecule has 1 aliphatic heterocycles. The van der Waals surface area contributed by atoms with Gasteiger partial charge in [-0.1, -0.05) is 42.3 Å². The van der Waals surface area contributed by atoms with Crippen LogP contribution in [-0.2, 0) is 11.4 Å². The van der Waals surface area contributed by atoms with E-state index in [0.29, 0.717) is 32.9 Å². The molecule has 0 spiro atoms. The van der Waals surface area contributed by atoms with Crippen LogP contribution in [0, 0.1) is 0 Å². The second kappa shape index (κ2) is 9.77. The molecule has 1 atom stereocenters. The summed E-state index contributed by atoms with van der Waals surface area (Å²) in [4.78, 5) is 26.5. The minimum atomic E-state index is -0.268. The Morgan fingerprint density at radius 1 is 1.13 bits per heavy atom. The van der Waals surface area contributed by atoms with E-state index >= 15 is 0 Å². The van der Waals surface area contributed by atoms with Gasteiger partial charge in [-0.2, -0.15) is 0 Å². The van der Waals surface area contributed by atoms with Gasteiger partial charge in [0.1, 0.15) is 6.61 Å². The maximum Gasteiger partial charge on any atom is 0.293 e. The molecule has 1 heterocycles. The lowest BCUT2D eigenvalue weighted by Crippen LogP contribution is -2.36. The highest BCUT2D eigenvalue weighted by Crippen LogP contribution is 2.36. The number of amides is 2. The van der Waals surface area contributed by atoms with Gasteiger partial charge in [-0.25, -0.2) is 0 Å². The van der Waals surface area contributed by atoms with E-state index in [4.69, 9.17) is 32.7 Å². The minimum Gasteiger partial charge on any atom is -0.493 e. The van der Waals surface area contributed by atoms with Crippen molar-refractivity contribution in [2.45, 2.75) is 32.9 Å². The van der Waals surface area contributed by atoms with Crippen LogP contribution in [0.4, 0.5) is 4.79 Å². The second-order valence-corrected chi connectivity index (χ2v) is 8.58. The fourth-order valence-electron chi connectivity index (χ4n) is 2.88. The number of imide groups is 1. The zero-order valence-electron chi connectivity index (χ0n) is 16.8. The lowest BCUT2D eigenvalue weighted by Gasteiger charge is -2.19. The first kappa shape index (κ1) is 22.5. The predicted molar refractivity (Wildman–Crippen MR) is 121 cm³/mol. The van der Waals surface area contributed by atoms with Gasteiger partial charge in [-0.15, -0.1) is 0 Å². The fraction of sp³-hybridized carbons (Fsp3) is 0.273. The van der Waals surface area contributed by atoms with E-state index in [-0.39, 0.29) is 23.8 Å². The molecule has 158 valence electrons. The van der Waals surface area contributed by atoms with Crippen molar-refractivity contribution in [2.24, 2.45) is 0 Å². The molecule has 0 N–H and O–H groups in total. The summed E-state index contributed by atoms with van der Waals surface area (Å²) in [5.74, 6) is 0.777. The molecule has 8 heteroatoms. The van der Waals surface area contributed by atoms with Gasteiger partial charge < -0.3 is 9.47 Å². The fourth-order valence-corrected chi connectivity index (χ4v) is 4.27. The van der Waals surface area contributed by atoms with Crippen molar-refractivity contribution in [3.8, 4) is 11.5 Å². The molecular weight excluding hydrogens is 445 g/mol. The number of ether oxygens (including phenoxy) is 2. The molecule has 0 radical (unpaired) electrons. The van der Waals surface area contributed by atoms with E-state index < -0.39 is 0 Å². The monoisotopic (exact) mass is 465 g/mol. The number of rotatable bonds is 7. The third-order valence-electron chi connectivity index (χ3n) is 4.74. The molecule has 5 nitrogen and oxygen atoms in total. The van der Waals surface area contributed by atoms with Gasteiger partial charge >= 0.3 is 0 Å². The van der Waals surface area contributed by atoms with Crippen LogP contribution in [0.3, 0.4) is 0 Å². The molecule has 0 saturated carbocycles. The van der Waals surface area contributed by atoms with Gasteiger partial charge in [0.05, 0.1) is 12.0 Å². The topological polar surface area (TPSA) is 55.8 Å². The summed E-state index contributed by atoms with van der Waals surface area (Å²) in [6, 6.07) is 10.4. The summed E-state index contributed by atoms with van der Waals surface area (Å²) in [5.41, 5.74) is 1.53. The molecule has 1 aliphatic rings. The Hall–Kier alpha value is -2.15. The number of carbonyl (C=O) groups is 2. The smallest absolute Gasteiger partial charge is 0.293 e. The molecule has 2 aromatic carbocycles. The number of methoxy groups -OCH3 is 1. The lowest BCUT2D eigenvalue weighted by molar-refractivity contribution is -0.124. The largest absolute Gasteiger partial charge is 0.493 e. The van der Waals surface area contributed by atoms with Crippen LogP contribution in [0.25, 0.3) is 6.08 Å². The minimum absolute atomic E-state index is 0.131. The molecule has 2 aromatic rings. The van der Waals surface area contributed by atoms with Gasteiger partial charge in [0.25, 0.3) is 11.1 Å². The van der Waals surface area contributed by atoms with Crippen LogP contribution in [0.15, 0.2) is 41.3 Å². The van der Waals surface area contributed by atoms with Crippen molar-refractivity contribution in [3.63, 3.8) is 0 Å². The predicted octanol–water partition coefficient (Wildman–Crippen LogP) is 6.42. The number of hydrogen-bond acceptors (Lipinski definition) is 5.